The third-order valence-corrected chi connectivity index (χ3v) is 14.1. The molecule has 0 spiro atoms. The summed E-state index contributed by atoms with van der Waals surface area (Å²) in [6, 6.07) is 7.41. The minimum Gasteiger partial charge on any atom is -1.00 e. The minimum absolute atomic E-state index is 0. The molecule has 1 unspecified atom stereocenters. The maximum Gasteiger partial charge on any atom is -1.00 e. The maximum absolute atomic E-state index is 13.3. The molecule has 3 heterocycles. The first-order valence-corrected chi connectivity index (χ1v) is 17.2. The fourth-order valence-electron chi connectivity index (χ4n) is 6.60. The largest absolute Gasteiger partial charge is 1.00 e. The number of rotatable bonds is 2. The third kappa shape index (κ3) is 5.16. The van der Waals surface area contributed by atoms with Crippen LogP contribution < -0.4 is 24.8 Å². The van der Waals surface area contributed by atoms with Gasteiger partial charge in [0.25, 0.3) is 0 Å². The predicted molar refractivity (Wildman–Crippen MR) is 142 cm³/mol. The molecule has 233 valence electrons. The molecule has 0 aromatic heterocycles. The smallest absolute Gasteiger partial charge is 1.00 e. The van der Waals surface area contributed by atoms with E-state index in [4.69, 9.17) is 0 Å². The molecule has 0 fully saturated rings. The topological polar surface area (TPSA) is 12.4 Å². The standard InChI is InChI=1S/C20H12F9.C10H11NSi.2ClH.Zr/c1-11-9-13-3-2-4-15(16(13)10-11)12-5-7-14(8-6-12)17(18(21,22)23,19(24,25)26)20(27,28)29;1-6-9-7-4-11-5-8(7)10(6)12(9,2)3;;;/h2-10H,1H3;4-5H,1-3H3;2*1H;/q;;;;+2/p-2. The Morgan fingerprint density at radius 2 is 1.32 bits per heavy atom. The van der Waals surface area contributed by atoms with E-state index in [1.807, 2.05) is 31.5 Å². The van der Waals surface area contributed by atoms with Gasteiger partial charge in [0.2, 0.25) is 0 Å². The average Bonchev–Trinajstić information content (AvgIpc) is 3.54. The second-order valence-corrected chi connectivity index (χ2v) is 16.9. The van der Waals surface area contributed by atoms with Crippen molar-refractivity contribution in [2.45, 2.75) is 54.5 Å². The van der Waals surface area contributed by atoms with E-state index in [2.05, 4.69) is 25.0 Å². The minimum atomic E-state index is -6.63. The van der Waals surface area contributed by atoms with E-state index in [-0.39, 0.29) is 46.1 Å². The summed E-state index contributed by atoms with van der Waals surface area (Å²) >= 11 is 1.21. The number of alkyl halides is 9. The van der Waals surface area contributed by atoms with Crippen LogP contribution in [0.5, 0.6) is 0 Å². The molecule has 0 amide bonds. The summed E-state index contributed by atoms with van der Waals surface area (Å²) in [4.78, 5) is 4.19. The van der Waals surface area contributed by atoms with Crippen LogP contribution in [0.2, 0.25) is 13.1 Å². The molecule has 2 aliphatic carbocycles. The van der Waals surface area contributed by atoms with Crippen LogP contribution >= 0.6 is 0 Å². The number of hydrogen-bond acceptors (Lipinski definition) is 1. The van der Waals surface area contributed by atoms with Crippen molar-refractivity contribution >= 4 is 20.4 Å². The van der Waals surface area contributed by atoms with Crippen molar-refractivity contribution in [2.24, 2.45) is 4.99 Å². The first kappa shape index (κ1) is 36.6. The van der Waals surface area contributed by atoms with Gasteiger partial charge in [0.1, 0.15) is 8.07 Å². The summed E-state index contributed by atoms with van der Waals surface area (Å²) in [6.07, 6.45) is -14.0. The monoisotopic (exact) mass is 756 g/mol. The van der Waals surface area contributed by atoms with Crippen molar-refractivity contribution in [3.63, 3.8) is 0 Å². The van der Waals surface area contributed by atoms with Gasteiger partial charge in [0.15, 0.2) is 0 Å². The van der Waals surface area contributed by atoms with Crippen molar-refractivity contribution in [3.8, 4) is 11.1 Å². The second kappa shape index (κ2) is 11.7. The molecule has 1 nitrogen and oxygen atoms in total. The second-order valence-electron chi connectivity index (χ2n) is 11.2. The number of allylic oxidation sites excluding steroid dienone is 6. The first-order valence-electron chi connectivity index (χ1n) is 12.8. The summed E-state index contributed by atoms with van der Waals surface area (Å²) < 4.78 is 120. The summed E-state index contributed by atoms with van der Waals surface area (Å²) in [6.45, 7) is 9.02. The van der Waals surface area contributed by atoms with Crippen molar-refractivity contribution in [2.75, 3.05) is 0 Å². The molecular weight excluding hydrogens is 736 g/mol. The van der Waals surface area contributed by atoms with E-state index in [9.17, 15) is 39.5 Å². The van der Waals surface area contributed by atoms with E-state index < -0.39 is 37.6 Å². The quantitative estimate of drug-likeness (QED) is 0.328. The van der Waals surface area contributed by atoms with E-state index in [1.165, 1.54) is 35.9 Å². The van der Waals surface area contributed by atoms with Crippen molar-refractivity contribution < 1.29 is 89.0 Å². The predicted octanol–water partition coefficient (Wildman–Crippen LogP) is 3.67. The van der Waals surface area contributed by atoms with Gasteiger partial charge < -0.3 is 24.8 Å². The molecule has 0 radical (unpaired) electrons. The van der Waals surface area contributed by atoms with Crippen LogP contribution in [0.4, 0.5) is 39.5 Å². The van der Waals surface area contributed by atoms with E-state index >= 15 is 0 Å². The normalized spacial score (nSPS) is 19.7. The Bertz CT molecular complexity index is 1610. The first-order chi connectivity index (χ1) is 19.3. The van der Waals surface area contributed by atoms with Crippen molar-refractivity contribution in [3.05, 3.63) is 98.0 Å². The zero-order chi connectivity index (χ0) is 31.2. The average molecular weight is 759 g/mol. The number of nitrogens with zero attached hydrogens (tertiary/aromatic N) is 1. The van der Waals surface area contributed by atoms with Crippen LogP contribution in [0.3, 0.4) is 0 Å². The Morgan fingerprint density at radius 1 is 0.773 bits per heavy atom. The van der Waals surface area contributed by atoms with Crippen LogP contribution in [-0.4, -0.2) is 32.8 Å². The van der Waals surface area contributed by atoms with Crippen LogP contribution in [0, 0.1) is 0 Å². The SMILES string of the molecule is CC1=C2C3=CN=CC3=C1[Si]2(C)C.CC1=Cc2c(-c3ccc(C(C(F)(F)F)(C(F)(F)F)C(F)(F)F)cc3)cccc2[CH]1[Zr+2].[Cl-].[Cl-]. The van der Waals surface area contributed by atoms with E-state index in [0.29, 0.717) is 5.56 Å². The third-order valence-electron chi connectivity index (χ3n) is 8.42. The molecule has 14 heteroatoms. The Labute approximate surface area is 276 Å². The van der Waals surface area contributed by atoms with E-state index in [0.717, 1.165) is 28.8 Å². The fraction of sp³-hybridized carbons (Fsp3) is 0.300. The van der Waals surface area contributed by atoms with Gasteiger partial charge >= 0.3 is 181 Å². The summed E-state index contributed by atoms with van der Waals surface area (Å²) in [5.74, 6) is 0. The number of hydrogen-bond donors (Lipinski definition) is 0. The molecule has 44 heavy (non-hydrogen) atoms. The van der Waals surface area contributed by atoms with Crippen LogP contribution in [0.15, 0.2) is 86.3 Å². The van der Waals surface area contributed by atoms with Gasteiger partial charge in [-0.15, -0.1) is 0 Å². The Hall–Kier alpha value is -1.88. The molecule has 7 rings (SSSR count). The summed E-state index contributed by atoms with van der Waals surface area (Å²) in [5.41, 5.74) is 0.0792. The van der Waals surface area contributed by atoms with Gasteiger partial charge in [-0.1, -0.05) is 18.7 Å². The Morgan fingerprint density at radius 3 is 1.80 bits per heavy atom. The molecule has 0 N–H and O–H groups in total. The van der Waals surface area contributed by atoms with Crippen LogP contribution in [-0.2, 0) is 30.1 Å². The van der Waals surface area contributed by atoms with Gasteiger partial charge in [0.05, 0.1) is 0 Å². The van der Waals surface area contributed by atoms with Crippen LogP contribution in [0.25, 0.3) is 17.2 Å². The van der Waals surface area contributed by atoms with Gasteiger partial charge in [-0.2, -0.15) is 0 Å². The van der Waals surface area contributed by atoms with Gasteiger partial charge in [-0.3, -0.25) is 4.99 Å². The molecule has 1 atom stereocenters. The fourth-order valence-corrected chi connectivity index (χ4v) is 11.4. The molecular formula is C30H23Cl2F9NSiZr. The summed E-state index contributed by atoms with van der Waals surface area (Å²) in [7, 11) is -1.11. The molecule has 2 bridgehead atoms. The zero-order valence-electron chi connectivity index (χ0n) is 23.5. The van der Waals surface area contributed by atoms with Crippen molar-refractivity contribution in [1.82, 2.24) is 0 Å². The van der Waals surface area contributed by atoms with E-state index in [1.54, 1.807) is 28.1 Å². The molecule has 0 saturated carbocycles. The van der Waals surface area contributed by atoms with Gasteiger partial charge in [-0.25, -0.2) is 0 Å². The molecule has 2 aromatic carbocycles. The summed E-state index contributed by atoms with van der Waals surface area (Å²) in [5, 5.41) is 3.31. The van der Waals surface area contributed by atoms with Crippen molar-refractivity contribution in [1.29, 1.82) is 0 Å². The molecule has 3 aliphatic heterocycles. The number of fused-ring (bicyclic) bond motifs is 1. The number of benzene rings is 2. The molecule has 2 aromatic rings. The number of aliphatic imine (C=N–C) groups is 1. The molecule has 5 aliphatic rings. The van der Waals surface area contributed by atoms with Gasteiger partial charge in [0, 0.05) is 23.6 Å². The maximum atomic E-state index is 13.3. The number of halogens is 11. The Balaban J connectivity index is 0.000000313. The molecule has 0 saturated heterocycles. The Kier molecular flexibility index (Phi) is 9.75. The van der Waals surface area contributed by atoms with Crippen LogP contribution in [0.1, 0.15) is 34.2 Å². The zero-order valence-corrected chi connectivity index (χ0v) is 28.4. The van der Waals surface area contributed by atoms with Gasteiger partial charge in [-0.05, 0) is 17.3 Å².